The Morgan fingerprint density at radius 3 is 2.02 bits per heavy atom. The number of ether oxygens (including phenoxy) is 3. The first kappa shape index (κ1) is 30.3. The third-order valence-corrected chi connectivity index (χ3v) is 24.8. The van der Waals surface area contributed by atoms with E-state index in [0.29, 0.717) is 31.8 Å². The molecule has 1 aliphatic heterocycles. The summed E-state index contributed by atoms with van der Waals surface area (Å²) in [5.41, 5.74) is 10.7. The lowest BCUT2D eigenvalue weighted by Gasteiger charge is -2.62. The molecular weight excluding hydrogens is 687 g/mol. The van der Waals surface area contributed by atoms with Gasteiger partial charge in [-0.2, -0.15) is 0 Å². The van der Waals surface area contributed by atoms with Gasteiger partial charge in [-0.25, -0.2) is 0 Å². The maximum absolute atomic E-state index is 6.17. The number of hydrogen-bond donors (Lipinski definition) is 0. The first-order chi connectivity index (χ1) is 27.7. The Morgan fingerprint density at radius 1 is 0.607 bits per heavy atom. The van der Waals surface area contributed by atoms with Gasteiger partial charge in [0.1, 0.15) is 12.4 Å². The maximum atomic E-state index is 6.17. The quantitative estimate of drug-likeness (QED) is 0.197. The van der Waals surface area contributed by atoms with E-state index in [4.69, 9.17) is 14.2 Å². The Morgan fingerprint density at radius 2 is 1.23 bits per heavy atom. The number of rotatable bonds is 8. The van der Waals surface area contributed by atoms with Gasteiger partial charge in [0.15, 0.2) is 0 Å². The second-order valence-electron chi connectivity index (χ2n) is 24.7. The summed E-state index contributed by atoms with van der Waals surface area (Å²) < 4.78 is 17.0. The Hall–Kier alpha value is -1.78. The standard InChI is InChI=1S/C52H61NO3/c1-54-6-7-55-8-9-56-28-4-2-27(3-5-28)53-18-30-29-16-25-14-22-12-23-11-20-10-21-13-24-15-26-17-52(30,19-53)51-37(26)42-36(24)41-32(21)31(20)39-35(23)40-33(22)34(25)43-38(29)50(51)49-47(42)45(41)44(39)46(40)48(43)49/h2-5,20-24,26,30-33,35-37,39-51H,6-19H2,1H3. The van der Waals surface area contributed by atoms with Gasteiger partial charge in [-0.05, 0) is 218 Å². The van der Waals surface area contributed by atoms with Crippen molar-refractivity contribution in [2.24, 2.45) is 159 Å². The van der Waals surface area contributed by atoms with Crippen LogP contribution >= 0.6 is 0 Å². The van der Waals surface area contributed by atoms with Crippen molar-refractivity contribution in [3.8, 4) is 5.75 Å². The van der Waals surface area contributed by atoms with E-state index in [-0.39, 0.29) is 0 Å². The molecule has 0 N–H and O–H groups in total. The van der Waals surface area contributed by atoms with Gasteiger partial charge in [-0.15, -0.1) is 0 Å². The highest BCUT2D eigenvalue weighted by molar-refractivity contribution is 5.59. The fourth-order valence-corrected chi connectivity index (χ4v) is 25.8. The number of benzene rings is 1. The summed E-state index contributed by atoms with van der Waals surface area (Å²) in [5.74, 6) is 29.6. The van der Waals surface area contributed by atoms with Crippen molar-refractivity contribution in [2.45, 2.75) is 51.4 Å². The summed E-state index contributed by atoms with van der Waals surface area (Å²) in [4.78, 5) is 2.96. The van der Waals surface area contributed by atoms with Crippen LogP contribution in [0.2, 0.25) is 0 Å². The number of methoxy groups -OCH3 is 1. The van der Waals surface area contributed by atoms with Crippen molar-refractivity contribution < 1.29 is 14.2 Å². The van der Waals surface area contributed by atoms with Crippen LogP contribution in [-0.2, 0) is 9.47 Å². The molecule has 1 aromatic rings. The Labute approximate surface area is 333 Å². The van der Waals surface area contributed by atoms with E-state index in [1.165, 1.54) is 67.1 Å². The van der Waals surface area contributed by atoms with E-state index < -0.39 is 0 Å². The molecule has 16 aliphatic carbocycles. The molecule has 0 bridgehead atoms. The topological polar surface area (TPSA) is 30.9 Å². The number of anilines is 1. The van der Waals surface area contributed by atoms with Crippen molar-refractivity contribution in [1.82, 2.24) is 0 Å². The molecule has 14 fully saturated rings. The van der Waals surface area contributed by atoms with Crippen molar-refractivity contribution >= 4 is 5.69 Å². The van der Waals surface area contributed by atoms with E-state index in [2.05, 4.69) is 51.5 Å². The largest absolute Gasteiger partial charge is 0.491 e. The normalized spacial score (nSPS) is 63.8. The van der Waals surface area contributed by atoms with Crippen LogP contribution in [0.5, 0.6) is 5.75 Å². The van der Waals surface area contributed by atoms with Gasteiger partial charge in [-0.1, -0.05) is 22.3 Å². The van der Waals surface area contributed by atoms with Crippen molar-refractivity contribution in [1.29, 1.82) is 0 Å². The average Bonchev–Trinajstić information content (AvgIpc) is 4.06. The van der Waals surface area contributed by atoms with E-state index in [9.17, 15) is 0 Å². The number of fused-ring (bicyclic) bond motifs is 1. The Kier molecular flexibility index (Phi) is 5.08. The molecule has 0 amide bonds. The van der Waals surface area contributed by atoms with Crippen LogP contribution < -0.4 is 9.64 Å². The Balaban J connectivity index is 0.813. The highest BCUT2D eigenvalue weighted by atomic mass is 16.5. The zero-order valence-corrected chi connectivity index (χ0v) is 33.4. The molecule has 13 saturated carbocycles. The van der Waals surface area contributed by atoms with Gasteiger partial charge in [0.2, 0.25) is 0 Å². The molecule has 1 saturated heterocycles. The monoisotopic (exact) mass is 747 g/mol. The second-order valence-corrected chi connectivity index (χ2v) is 24.7. The van der Waals surface area contributed by atoms with Gasteiger partial charge < -0.3 is 19.1 Å². The van der Waals surface area contributed by atoms with Crippen molar-refractivity contribution in [2.75, 3.05) is 51.5 Å². The molecule has 17 aliphatic rings. The molecule has 56 heavy (non-hydrogen) atoms. The molecular formula is C52H61NO3. The van der Waals surface area contributed by atoms with E-state index >= 15 is 0 Å². The minimum atomic E-state index is 0.525. The molecule has 27 unspecified atom stereocenters. The lowest BCUT2D eigenvalue weighted by atomic mass is 9.42. The minimum Gasteiger partial charge on any atom is -0.491 e. The van der Waals surface area contributed by atoms with Gasteiger partial charge in [-0.3, -0.25) is 0 Å². The van der Waals surface area contributed by atoms with E-state index in [0.717, 1.165) is 124 Å². The first-order valence-corrected chi connectivity index (χ1v) is 24.7. The fraction of sp³-hybridized carbons (Fsp3) is 0.808. The van der Waals surface area contributed by atoms with Gasteiger partial charge in [0.25, 0.3) is 0 Å². The molecule has 1 heterocycles. The summed E-state index contributed by atoms with van der Waals surface area (Å²) in [6.07, 6.45) is 13.0. The summed E-state index contributed by atoms with van der Waals surface area (Å²) in [7, 11) is 1.73. The van der Waals surface area contributed by atoms with Gasteiger partial charge >= 0.3 is 0 Å². The highest BCUT2D eigenvalue weighted by Gasteiger charge is 2.88. The zero-order valence-electron chi connectivity index (χ0n) is 33.4. The number of allylic oxidation sites excluding steroid dienone is 3. The van der Waals surface area contributed by atoms with Crippen LogP contribution in [0.25, 0.3) is 0 Å². The molecule has 4 nitrogen and oxygen atoms in total. The predicted octanol–water partition coefficient (Wildman–Crippen LogP) is 8.49. The maximum Gasteiger partial charge on any atom is 0.119 e. The third kappa shape index (κ3) is 2.88. The Bertz CT molecular complexity index is 2100. The van der Waals surface area contributed by atoms with Crippen LogP contribution in [0.1, 0.15) is 51.4 Å². The molecule has 1 spiro atoms. The number of hydrogen-bond acceptors (Lipinski definition) is 4. The van der Waals surface area contributed by atoms with Gasteiger partial charge in [0.05, 0.1) is 19.8 Å². The second kappa shape index (κ2) is 9.41. The van der Waals surface area contributed by atoms with E-state index in [1.807, 2.05) is 0 Å². The fourth-order valence-electron chi connectivity index (χ4n) is 25.8. The third-order valence-electron chi connectivity index (χ3n) is 24.8. The summed E-state index contributed by atoms with van der Waals surface area (Å²) >= 11 is 0. The van der Waals surface area contributed by atoms with E-state index in [1.54, 1.807) is 45.6 Å². The zero-order chi connectivity index (χ0) is 35.4. The van der Waals surface area contributed by atoms with Crippen molar-refractivity contribution in [3.05, 3.63) is 46.6 Å². The first-order valence-electron chi connectivity index (χ1n) is 24.7. The smallest absolute Gasteiger partial charge is 0.119 e. The summed E-state index contributed by atoms with van der Waals surface area (Å²) in [6, 6.07) is 9.39. The summed E-state index contributed by atoms with van der Waals surface area (Å²) in [5, 5.41) is 0. The molecule has 0 radical (unpaired) electrons. The van der Waals surface area contributed by atoms with Crippen LogP contribution in [0, 0.1) is 159 Å². The molecule has 0 aromatic heterocycles. The predicted molar refractivity (Wildman–Crippen MR) is 211 cm³/mol. The highest BCUT2D eigenvalue weighted by Crippen LogP contribution is 2.92. The molecule has 18 rings (SSSR count). The van der Waals surface area contributed by atoms with Crippen LogP contribution in [0.15, 0.2) is 46.6 Å². The molecule has 27 atom stereocenters. The number of nitrogens with zero attached hydrogens (tertiary/aromatic N) is 1. The average molecular weight is 748 g/mol. The van der Waals surface area contributed by atoms with Crippen molar-refractivity contribution in [3.63, 3.8) is 0 Å². The van der Waals surface area contributed by atoms with Gasteiger partial charge in [0, 0.05) is 43.1 Å². The summed E-state index contributed by atoms with van der Waals surface area (Å²) in [6.45, 7) is 5.14. The molecule has 1 aromatic carbocycles. The van der Waals surface area contributed by atoms with Crippen LogP contribution in [0.4, 0.5) is 5.69 Å². The minimum absolute atomic E-state index is 0.525. The van der Waals surface area contributed by atoms with Crippen LogP contribution in [0.3, 0.4) is 0 Å². The lowest BCUT2D eigenvalue weighted by Crippen LogP contribution is -2.59. The SMILES string of the molecule is COCCOCCOc1ccc(N2CC3C4=C5C6C7=C(C4)CC4CC8CC9CC%10CC%11CC%12CC3(C2)C2C5C3C6C5C(C74)C8C4C9C%10C6C%11C(C3C6C45)C%122)cc1. The molecule has 4 heteroatoms. The van der Waals surface area contributed by atoms with Crippen LogP contribution in [-0.4, -0.2) is 46.6 Å². The molecule has 292 valence electrons. The lowest BCUT2D eigenvalue weighted by molar-refractivity contribution is -0.146.